The molecular formula is C30H26O9. The zero-order valence-electron chi connectivity index (χ0n) is 21.3. The summed E-state index contributed by atoms with van der Waals surface area (Å²) in [5, 5.41) is 27.3. The van der Waals surface area contributed by atoms with Crippen LogP contribution in [0.2, 0.25) is 0 Å². The number of carbonyl (C=O) groups is 1. The van der Waals surface area contributed by atoms with Gasteiger partial charge in [0, 0.05) is 5.92 Å². The Hall–Kier alpha value is -4.33. The van der Waals surface area contributed by atoms with E-state index < -0.39 is 30.4 Å². The third kappa shape index (κ3) is 15.5. The van der Waals surface area contributed by atoms with Gasteiger partial charge in [-0.25, -0.2) is 4.79 Å². The van der Waals surface area contributed by atoms with Gasteiger partial charge in [0.05, 0.1) is 46.2 Å². The molecule has 4 atom stereocenters. The van der Waals surface area contributed by atoms with Crippen LogP contribution in [0.4, 0.5) is 0 Å². The topological polar surface area (TPSA) is 124 Å². The first kappa shape index (κ1) is 32.7. The molecule has 1 heterocycles. The van der Waals surface area contributed by atoms with E-state index in [0.29, 0.717) is 0 Å². The van der Waals surface area contributed by atoms with Crippen LogP contribution < -0.4 is 0 Å². The first-order valence-corrected chi connectivity index (χ1v) is 11.6. The van der Waals surface area contributed by atoms with E-state index in [1.54, 1.807) is 6.92 Å². The van der Waals surface area contributed by atoms with Gasteiger partial charge in [-0.3, -0.25) is 0 Å². The summed E-state index contributed by atoms with van der Waals surface area (Å²) in [6.45, 7) is 0.919. The zero-order valence-corrected chi connectivity index (χ0v) is 21.3. The van der Waals surface area contributed by atoms with Gasteiger partial charge in [0.15, 0.2) is 0 Å². The van der Waals surface area contributed by atoms with Gasteiger partial charge in [0.1, 0.15) is 31.0 Å². The summed E-state index contributed by atoms with van der Waals surface area (Å²) < 4.78 is 27.7. The Kier molecular flexibility index (Phi) is 19.1. The van der Waals surface area contributed by atoms with E-state index in [1.165, 1.54) is 0 Å². The Morgan fingerprint density at radius 3 is 1.82 bits per heavy atom. The van der Waals surface area contributed by atoms with Gasteiger partial charge in [-0.15, -0.1) is 0 Å². The van der Waals surface area contributed by atoms with Crippen molar-refractivity contribution in [2.45, 2.75) is 31.3 Å². The SMILES string of the molecule is CC#CC#CC#CC#CC#CC#CC#CC#CC(=O)OCC(OCCO)C1OCC(OCCO)C1OCCO. The van der Waals surface area contributed by atoms with Gasteiger partial charge in [-0.05, 0) is 89.8 Å². The third-order valence-electron chi connectivity index (χ3n) is 4.24. The summed E-state index contributed by atoms with van der Waals surface area (Å²) >= 11 is 0. The smallest absolute Gasteiger partial charge is 0.385 e. The molecule has 1 aliphatic rings. The minimum Gasteiger partial charge on any atom is -0.453 e. The molecule has 1 rings (SSSR count). The molecule has 0 radical (unpaired) electrons. The Balaban J connectivity index is 2.66. The molecule has 4 unspecified atom stereocenters. The van der Waals surface area contributed by atoms with Crippen molar-refractivity contribution in [2.24, 2.45) is 0 Å². The van der Waals surface area contributed by atoms with Crippen LogP contribution in [0.1, 0.15) is 6.92 Å². The minimum atomic E-state index is -0.864. The lowest BCUT2D eigenvalue weighted by atomic mass is 10.1. The van der Waals surface area contributed by atoms with Crippen LogP contribution in [-0.4, -0.2) is 98.6 Å². The van der Waals surface area contributed by atoms with Crippen LogP contribution in [0.3, 0.4) is 0 Å². The number of hydrogen-bond donors (Lipinski definition) is 3. The quantitative estimate of drug-likeness (QED) is 0.151. The molecule has 200 valence electrons. The maximum Gasteiger partial charge on any atom is 0.385 e. The molecule has 0 aromatic heterocycles. The molecule has 0 amide bonds. The van der Waals surface area contributed by atoms with Gasteiger partial charge in [0.2, 0.25) is 0 Å². The van der Waals surface area contributed by atoms with Crippen LogP contribution >= 0.6 is 0 Å². The summed E-state index contributed by atoms with van der Waals surface area (Å²) in [5.74, 6) is 38.4. The van der Waals surface area contributed by atoms with Crippen molar-refractivity contribution in [1.29, 1.82) is 0 Å². The fraction of sp³-hybridized carbons (Fsp3) is 0.433. The van der Waals surface area contributed by atoms with Crippen molar-refractivity contribution in [3.63, 3.8) is 0 Å². The van der Waals surface area contributed by atoms with Crippen LogP contribution in [-0.2, 0) is 28.5 Å². The fourth-order valence-electron chi connectivity index (χ4n) is 2.82. The van der Waals surface area contributed by atoms with E-state index in [2.05, 4.69) is 94.7 Å². The molecule has 0 aromatic carbocycles. The third-order valence-corrected chi connectivity index (χ3v) is 4.24. The van der Waals surface area contributed by atoms with Gasteiger partial charge in [-0.2, -0.15) is 0 Å². The van der Waals surface area contributed by atoms with Crippen molar-refractivity contribution in [3.05, 3.63) is 0 Å². The monoisotopic (exact) mass is 530 g/mol. The number of esters is 1. The fourth-order valence-corrected chi connectivity index (χ4v) is 2.82. The highest BCUT2D eigenvalue weighted by atomic mass is 16.6. The summed E-state index contributed by atoms with van der Waals surface area (Å²) in [4.78, 5) is 12.0. The van der Waals surface area contributed by atoms with E-state index in [4.69, 9.17) is 39.0 Å². The van der Waals surface area contributed by atoms with Crippen LogP contribution in [0.25, 0.3) is 0 Å². The average Bonchev–Trinajstić information content (AvgIpc) is 3.35. The van der Waals surface area contributed by atoms with Crippen molar-refractivity contribution in [3.8, 4) is 94.7 Å². The highest BCUT2D eigenvalue weighted by Crippen LogP contribution is 2.25. The number of aliphatic hydroxyl groups excluding tert-OH is 3. The standard InChI is InChI=1S/C30H26O9/c1-2-3-4-5-6-7-8-9-10-11-12-13-14-15-16-17-28(34)38-24-26(35-21-18-31)30-29(37-23-20-33)27(25-39-30)36-22-19-32/h26-27,29-33H,18-25H2,1H3. The Labute approximate surface area is 228 Å². The highest BCUT2D eigenvalue weighted by molar-refractivity contribution is 5.89. The minimum absolute atomic E-state index is 0.0158. The van der Waals surface area contributed by atoms with Crippen LogP contribution in [0.5, 0.6) is 0 Å². The number of ether oxygens (including phenoxy) is 5. The lowest BCUT2D eigenvalue weighted by molar-refractivity contribution is -0.154. The number of aliphatic hydroxyl groups is 3. The molecule has 3 N–H and O–H groups in total. The molecule has 0 aliphatic carbocycles. The first-order chi connectivity index (χ1) is 19.2. The number of carbonyl (C=O) groups excluding carboxylic acids is 1. The van der Waals surface area contributed by atoms with E-state index in [9.17, 15) is 4.79 Å². The molecule has 1 fully saturated rings. The molecule has 0 aromatic rings. The van der Waals surface area contributed by atoms with Gasteiger partial charge < -0.3 is 39.0 Å². The summed E-state index contributed by atoms with van der Waals surface area (Å²) in [6, 6.07) is 0. The lowest BCUT2D eigenvalue weighted by Crippen LogP contribution is -2.45. The second-order valence-corrected chi connectivity index (χ2v) is 6.85. The van der Waals surface area contributed by atoms with E-state index in [1.807, 2.05) is 0 Å². The van der Waals surface area contributed by atoms with Gasteiger partial charge in [0.25, 0.3) is 0 Å². The zero-order chi connectivity index (χ0) is 28.4. The molecule has 1 saturated heterocycles. The van der Waals surface area contributed by atoms with Crippen molar-refractivity contribution in [1.82, 2.24) is 0 Å². The summed E-state index contributed by atoms with van der Waals surface area (Å²) in [5.41, 5.74) is 0. The Morgan fingerprint density at radius 1 is 0.769 bits per heavy atom. The molecule has 9 nitrogen and oxygen atoms in total. The Bertz CT molecular complexity index is 1290. The second kappa shape index (κ2) is 22.8. The second-order valence-electron chi connectivity index (χ2n) is 6.85. The Morgan fingerprint density at radius 2 is 1.28 bits per heavy atom. The normalized spacial score (nSPS) is 16.7. The number of hydrogen-bond acceptors (Lipinski definition) is 9. The van der Waals surface area contributed by atoms with Crippen LogP contribution in [0.15, 0.2) is 0 Å². The van der Waals surface area contributed by atoms with E-state index in [0.717, 1.165) is 0 Å². The lowest BCUT2D eigenvalue weighted by Gasteiger charge is -2.28. The summed E-state index contributed by atoms with van der Waals surface area (Å²) in [7, 11) is 0. The van der Waals surface area contributed by atoms with Gasteiger partial charge >= 0.3 is 5.97 Å². The van der Waals surface area contributed by atoms with Crippen molar-refractivity contribution in [2.75, 3.05) is 52.9 Å². The van der Waals surface area contributed by atoms with Crippen molar-refractivity contribution < 1.29 is 43.8 Å². The molecule has 0 bridgehead atoms. The maximum atomic E-state index is 12.0. The predicted octanol–water partition coefficient (Wildman–Crippen LogP) is -1.89. The highest BCUT2D eigenvalue weighted by Gasteiger charge is 2.44. The largest absolute Gasteiger partial charge is 0.453 e. The molecule has 9 heteroatoms. The molecule has 0 spiro atoms. The first-order valence-electron chi connectivity index (χ1n) is 11.6. The molecular weight excluding hydrogens is 504 g/mol. The van der Waals surface area contributed by atoms with Crippen molar-refractivity contribution >= 4 is 5.97 Å². The van der Waals surface area contributed by atoms with E-state index >= 15 is 0 Å². The van der Waals surface area contributed by atoms with Crippen LogP contribution in [0, 0.1) is 94.7 Å². The number of rotatable bonds is 12. The molecule has 39 heavy (non-hydrogen) atoms. The average molecular weight is 531 g/mol. The maximum absolute atomic E-state index is 12.0. The summed E-state index contributed by atoms with van der Waals surface area (Å²) in [6.07, 6.45) is -2.74. The molecule has 0 saturated carbocycles. The van der Waals surface area contributed by atoms with E-state index in [-0.39, 0.29) is 52.9 Å². The molecule has 1 aliphatic heterocycles. The van der Waals surface area contributed by atoms with Gasteiger partial charge in [-0.1, -0.05) is 5.92 Å². The predicted molar refractivity (Wildman–Crippen MR) is 139 cm³/mol.